The highest BCUT2D eigenvalue weighted by Gasteiger charge is 2.20. The molecule has 23 heavy (non-hydrogen) atoms. The minimum atomic E-state index is -1.01. The molecule has 0 bridgehead atoms. The van der Waals surface area contributed by atoms with Crippen molar-refractivity contribution in [2.24, 2.45) is 0 Å². The van der Waals surface area contributed by atoms with Gasteiger partial charge in [0, 0.05) is 17.8 Å². The number of aromatic nitrogens is 1. The summed E-state index contributed by atoms with van der Waals surface area (Å²) in [5, 5.41) is 0. The summed E-state index contributed by atoms with van der Waals surface area (Å²) in [7, 11) is 0. The summed E-state index contributed by atoms with van der Waals surface area (Å²) in [6, 6.07) is 2.93. The molecule has 0 atom stereocenters. The standard InChI is InChI=1S/C17H17NO5/c1-4-7-13(5-2)23-16-9-8-12(11-18-16)14(19)10-15(20)17(21)22-6-3/h4-5,7-9,11H,1-2,6,10H2,3H3/b13-7+. The molecule has 1 aromatic rings. The average molecular weight is 315 g/mol. The van der Waals surface area contributed by atoms with Gasteiger partial charge in [-0.1, -0.05) is 19.2 Å². The first kappa shape index (κ1) is 18.0. The van der Waals surface area contributed by atoms with Crippen molar-refractivity contribution in [2.75, 3.05) is 6.61 Å². The third kappa shape index (κ3) is 5.70. The molecule has 0 aliphatic heterocycles. The van der Waals surface area contributed by atoms with E-state index in [1.807, 2.05) is 0 Å². The summed E-state index contributed by atoms with van der Waals surface area (Å²) in [6.07, 6.45) is 5.34. The normalized spacial score (nSPS) is 10.6. The zero-order valence-corrected chi connectivity index (χ0v) is 12.8. The second-order valence-electron chi connectivity index (χ2n) is 4.24. The molecule has 0 spiro atoms. The predicted octanol–water partition coefficient (Wildman–Crippen LogP) is 2.42. The number of nitrogens with zero attached hydrogens (tertiary/aromatic N) is 1. The SMILES string of the molecule is C=C/C=C(\C=C)Oc1ccc(C(=O)CC(=O)C(=O)OCC)cn1. The molecule has 0 aromatic carbocycles. The molecule has 6 nitrogen and oxygen atoms in total. The van der Waals surface area contributed by atoms with Gasteiger partial charge in [-0.3, -0.25) is 9.59 Å². The summed E-state index contributed by atoms with van der Waals surface area (Å²) in [5.74, 6) is -1.72. The van der Waals surface area contributed by atoms with Crippen LogP contribution in [-0.4, -0.2) is 29.1 Å². The number of carbonyl (C=O) groups is 3. The molecule has 120 valence electrons. The lowest BCUT2D eigenvalue weighted by atomic mass is 10.1. The first-order chi connectivity index (χ1) is 11.0. The van der Waals surface area contributed by atoms with Crippen molar-refractivity contribution in [3.8, 4) is 5.88 Å². The number of Topliss-reactive ketones (excluding diaryl/α,β-unsaturated/α-hetero) is 2. The molecule has 1 heterocycles. The van der Waals surface area contributed by atoms with Gasteiger partial charge in [0.25, 0.3) is 0 Å². The van der Waals surface area contributed by atoms with Gasteiger partial charge in [-0.2, -0.15) is 0 Å². The van der Waals surface area contributed by atoms with Gasteiger partial charge < -0.3 is 9.47 Å². The fourth-order valence-electron chi connectivity index (χ4n) is 1.52. The van der Waals surface area contributed by atoms with Crippen LogP contribution in [0.2, 0.25) is 0 Å². The van der Waals surface area contributed by atoms with Gasteiger partial charge in [0.15, 0.2) is 5.78 Å². The van der Waals surface area contributed by atoms with E-state index in [-0.39, 0.29) is 18.1 Å². The topological polar surface area (TPSA) is 82.6 Å². The van der Waals surface area contributed by atoms with Crippen LogP contribution in [-0.2, 0) is 14.3 Å². The van der Waals surface area contributed by atoms with Crippen LogP contribution in [0.4, 0.5) is 0 Å². The van der Waals surface area contributed by atoms with Crippen LogP contribution in [0.5, 0.6) is 5.88 Å². The minimum Gasteiger partial charge on any atom is -0.460 e. The zero-order valence-electron chi connectivity index (χ0n) is 12.8. The summed E-state index contributed by atoms with van der Waals surface area (Å²) < 4.78 is 9.94. The van der Waals surface area contributed by atoms with Crippen LogP contribution < -0.4 is 4.74 Å². The van der Waals surface area contributed by atoms with Gasteiger partial charge in [-0.05, 0) is 25.1 Å². The number of pyridine rings is 1. The molecule has 0 radical (unpaired) electrons. The van der Waals surface area contributed by atoms with E-state index in [0.29, 0.717) is 5.76 Å². The van der Waals surface area contributed by atoms with Crippen LogP contribution in [0.3, 0.4) is 0 Å². The van der Waals surface area contributed by atoms with E-state index in [1.165, 1.54) is 30.5 Å². The van der Waals surface area contributed by atoms with E-state index in [4.69, 9.17) is 4.74 Å². The van der Waals surface area contributed by atoms with Crippen molar-refractivity contribution in [2.45, 2.75) is 13.3 Å². The number of carbonyl (C=O) groups excluding carboxylic acids is 3. The summed E-state index contributed by atoms with van der Waals surface area (Å²) in [5.41, 5.74) is 0.197. The number of hydrogen-bond donors (Lipinski definition) is 0. The van der Waals surface area contributed by atoms with Crippen molar-refractivity contribution in [1.82, 2.24) is 4.98 Å². The monoisotopic (exact) mass is 315 g/mol. The maximum absolute atomic E-state index is 11.9. The number of ether oxygens (including phenoxy) is 2. The Morgan fingerprint density at radius 3 is 2.52 bits per heavy atom. The third-order valence-corrected chi connectivity index (χ3v) is 2.59. The molecule has 0 amide bonds. The summed E-state index contributed by atoms with van der Waals surface area (Å²) >= 11 is 0. The molecule has 0 unspecified atom stereocenters. The van der Waals surface area contributed by atoms with Crippen LogP contribution in [0.15, 0.2) is 55.5 Å². The Kier molecular flexibility index (Phi) is 7.13. The lowest BCUT2D eigenvalue weighted by molar-refractivity contribution is -0.153. The number of ketones is 2. The molecular weight excluding hydrogens is 298 g/mol. The molecule has 1 aromatic heterocycles. The van der Waals surface area contributed by atoms with Crippen molar-refractivity contribution in [3.05, 3.63) is 61.0 Å². The second kappa shape index (κ2) is 9.09. The highest BCUT2D eigenvalue weighted by molar-refractivity contribution is 6.38. The van der Waals surface area contributed by atoms with Crippen LogP contribution in [0.1, 0.15) is 23.7 Å². The van der Waals surface area contributed by atoms with Crippen LogP contribution in [0, 0.1) is 0 Å². The average Bonchev–Trinajstić information content (AvgIpc) is 2.55. The maximum atomic E-state index is 11.9. The fourth-order valence-corrected chi connectivity index (χ4v) is 1.52. The van der Waals surface area contributed by atoms with Gasteiger partial charge >= 0.3 is 5.97 Å². The van der Waals surface area contributed by atoms with Crippen LogP contribution in [0.25, 0.3) is 0 Å². The Morgan fingerprint density at radius 2 is 2.00 bits per heavy atom. The Balaban J connectivity index is 2.72. The van der Waals surface area contributed by atoms with E-state index in [9.17, 15) is 14.4 Å². The number of allylic oxidation sites excluding steroid dienone is 3. The molecule has 0 fully saturated rings. The van der Waals surface area contributed by atoms with E-state index in [0.717, 1.165) is 0 Å². The highest BCUT2D eigenvalue weighted by atomic mass is 16.5. The number of rotatable bonds is 9. The highest BCUT2D eigenvalue weighted by Crippen LogP contribution is 2.13. The maximum Gasteiger partial charge on any atom is 0.375 e. The predicted molar refractivity (Wildman–Crippen MR) is 83.9 cm³/mol. The number of hydrogen-bond acceptors (Lipinski definition) is 6. The molecule has 0 N–H and O–H groups in total. The third-order valence-electron chi connectivity index (χ3n) is 2.59. The van der Waals surface area contributed by atoms with E-state index >= 15 is 0 Å². The van der Waals surface area contributed by atoms with Crippen molar-refractivity contribution >= 4 is 17.5 Å². The van der Waals surface area contributed by atoms with Gasteiger partial charge in [0.2, 0.25) is 11.7 Å². The molecule has 0 saturated heterocycles. The van der Waals surface area contributed by atoms with E-state index < -0.39 is 24.0 Å². The first-order valence-corrected chi connectivity index (χ1v) is 6.84. The van der Waals surface area contributed by atoms with Gasteiger partial charge in [-0.15, -0.1) is 0 Å². The van der Waals surface area contributed by atoms with Crippen molar-refractivity contribution < 1.29 is 23.9 Å². The van der Waals surface area contributed by atoms with Gasteiger partial charge in [0.05, 0.1) is 13.0 Å². The molecule has 1 rings (SSSR count). The smallest absolute Gasteiger partial charge is 0.375 e. The Labute approximate surface area is 134 Å². The van der Waals surface area contributed by atoms with Crippen molar-refractivity contribution in [1.29, 1.82) is 0 Å². The Bertz CT molecular complexity index is 643. The molecular formula is C17H17NO5. The lowest BCUT2D eigenvalue weighted by Gasteiger charge is -2.05. The first-order valence-electron chi connectivity index (χ1n) is 6.84. The molecule has 0 saturated carbocycles. The summed E-state index contributed by atoms with van der Waals surface area (Å²) in [6.45, 7) is 8.78. The fraction of sp³-hybridized carbons (Fsp3) is 0.176. The van der Waals surface area contributed by atoms with Crippen LogP contribution >= 0.6 is 0 Å². The molecule has 0 aliphatic rings. The van der Waals surface area contributed by atoms with Crippen molar-refractivity contribution in [3.63, 3.8) is 0 Å². The molecule has 0 aliphatic carbocycles. The minimum absolute atomic E-state index is 0.0796. The Morgan fingerprint density at radius 1 is 1.26 bits per heavy atom. The zero-order chi connectivity index (χ0) is 17.2. The lowest BCUT2D eigenvalue weighted by Crippen LogP contribution is -2.20. The van der Waals surface area contributed by atoms with Gasteiger partial charge in [-0.25, -0.2) is 9.78 Å². The van der Waals surface area contributed by atoms with E-state index in [2.05, 4.69) is 22.9 Å². The largest absolute Gasteiger partial charge is 0.460 e. The summed E-state index contributed by atoms with van der Waals surface area (Å²) in [4.78, 5) is 38.5. The van der Waals surface area contributed by atoms with E-state index in [1.54, 1.807) is 13.0 Å². The number of esters is 1. The van der Waals surface area contributed by atoms with Gasteiger partial charge in [0.1, 0.15) is 5.76 Å². The molecule has 6 heteroatoms. The quantitative estimate of drug-likeness (QED) is 0.174. The second-order valence-corrected chi connectivity index (χ2v) is 4.24. The Hall–Kier alpha value is -3.02.